The van der Waals surface area contributed by atoms with Crippen molar-refractivity contribution in [3.05, 3.63) is 29.3 Å². The minimum atomic E-state index is -0.410. The van der Waals surface area contributed by atoms with Crippen molar-refractivity contribution in [2.45, 2.75) is 31.9 Å². The Morgan fingerprint density at radius 2 is 2.35 bits per heavy atom. The normalized spacial score (nSPS) is 21.8. The first-order chi connectivity index (χ1) is 9.60. The van der Waals surface area contributed by atoms with Crippen LogP contribution in [-0.4, -0.2) is 43.4 Å². The maximum Gasteiger partial charge on any atom is 0.237 e. The van der Waals surface area contributed by atoms with Crippen LogP contribution in [0.5, 0.6) is 5.75 Å². The molecule has 0 saturated carbocycles. The lowest BCUT2D eigenvalue weighted by Crippen LogP contribution is -2.41. The van der Waals surface area contributed by atoms with Crippen LogP contribution in [0.25, 0.3) is 0 Å². The summed E-state index contributed by atoms with van der Waals surface area (Å²) < 4.78 is 5.28. The maximum atomic E-state index is 11.8. The first kappa shape index (κ1) is 14.8. The predicted octanol–water partition coefficient (Wildman–Crippen LogP) is 0.385. The van der Waals surface area contributed by atoms with Crippen LogP contribution >= 0.6 is 0 Å². The molecule has 20 heavy (non-hydrogen) atoms. The molecule has 1 saturated heterocycles. The number of aryl methyl sites for hydroxylation is 1. The number of aliphatic hydroxyl groups excluding tert-OH is 1. The molecule has 0 radical (unpaired) electrons. The van der Waals surface area contributed by atoms with Crippen LogP contribution < -0.4 is 15.4 Å². The lowest BCUT2D eigenvalue weighted by Gasteiger charge is -2.12. The van der Waals surface area contributed by atoms with Gasteiger partial charge in [-0.15, -0.1) is 0 Å². The van der Waals surface area contributed by atoms with Crippen LogP contribution in [0.3, 0.4) is 0 Å². The summed E-state index contributed by atoms with van der Waals surface area (Å²) in [6.45, 7) is 3.08. The highest BCUT2D eigenvalue weighted by atomic mass is 16.5. The van der Waals surface area contributed by atoms with E-state index in [0.29, 0.717) is 19.5 Å². The summed E-state index contributed by atoms with van der Waals surface area (Å²) in [5.41, 5.74) is 2.23. The van der Waals surface area contributed by atoms with Crippen molar-refractivity contribution in [1.82, 2.24) is 10.6 Å². The van der Waals surface area contributed by atoms with Gasteiger partial charge in [-0.3, -0.25) is 4.79 Å². The fourth-order valence-corrected chi connectivity index (χ4v) is 2.39. The van der Waals surface area contributed by atoms with Gasteiger partial charge in [-0.05, 0) is 37.0 Å². The topological polar surface area (TPSA) is 70.6 Å². The summed E-state index contributed by atoms with van der Waals surface area (Å²) in [5.74, 6) is 0.829. The lowest BCUT2D eigenvalue weighted by molar-refractivity contribution is -0.122. The van der Waals surface area contributed by atoms with E-state index in [1.54, 1.807) is 7.11 Å². The van der Waals surface area contributed by atoms with Gasteiger partial charge in [0.25, 0.3) is 0 Å². The van der Waals surface area contributed by atoms with Gasteiger partial charge >= 0.3 is 0 Å². The summed E-state index contributed by atoms with van der Waals surface area (Å²) in [4.78, 5) is 11.8. The number of nitrogens with one attached hydrogen (secondary N) is 2. The van der Waals surface area contributed by atoms with Gasteiger partial charge in [0, 0.05) is 13.1 Å². The fraction of sp³-hybridized carbons (Fsp3) is 0.533. The second kappa shape index (κ2) is 6.72. The molecule has 5 nitrogen and oxygen atoms in total. The minimum absolute atomic E-state index is 0.0411. The molecule has 3 N–H and O–H groups in total. The van der Waals surface area contributed by atoms with Crippen molar-refractivity contribution in [2.24, 2.45) is 0 Å². The number of carbonyl (C=O) groups excluding carboxylic acids is 1. The molecule has 110 valence electrons. The van der Waals surface area contributed by atoms with Gasteiger partial charge in [0.05, 0.1) is 19.3 Å². The average Bonchev–Trinajstić information content (AvgIpc) is 2.87. The van der Waals surface area contributed by atoms with Crippen molar-refractivity contribution < 1.29 is 14.6 Å². The number of aliphatic hydroxyl groups is 1. The highest BCUT2D eigenvalue weighted by Crippen LogP contribution is 2.19. The molecule has 1 amide bonds. The standard InChI is InChI=1S/C15H22N2O3/c1-10-3-4-11(7-14(10)20-2)5-6-16-15(19)13-8-12(18)9-17-13/h3-4,7,12-13,17-18H,5-6,8-9H2,1-2H3,(H,16,19). The molecule has 1 aliphatic rings. The maximum absolute atomic E-state index is 11.8. The first-order valence-electron chi connectivity index (χ1n) is 6.93. The summed E-state index contributed by atoms with van der Waals surface area (Å²) in [6.07, 6.45) is 0.842. The molecule has 1 aromatic rings. The summed E-state index contributed by atoms with van der Waals surface area (Å²) >= 11 is 0. The van der Waals surface area contributed by atoms with E-state index < -0.39 is 6.10 Å². The molecule has 2 rings (SSSR count). The van der Waals surface area contributed by atoms with Crippen LogP contribution in [0.15, 0.2) is 18.2 Å². The van der Waals surface area contributed by atoms with Gasteiger partial charge in [0.15, 0.2) is 0 Å². The molecule has 1 fully saturated rings. The molecule has 2 atom stereocenters. The summed E-state index contributed by atoms with van der Waals surface area (Å²) in [7, 11) is 1.66. The number of benzene rings is 1. The molecule has 0 spiro atoms. The van der Waals surface area contributed by atoms with Gasteiger partial charge in [-0.2, -0.15) is 0 Å². The molecule has 0 bridgehead atoms. The Bertz CT molecular complexity index is 476. The summed E-state index contributed by atoms with van der Waals surface area (Å²) in [5, 5.41) is 15.3. The van der Waals surface area contributed by atoms with Gasteiger partial charge in [0.2, 0.25) is 5.91 Å². The Morgan fingerprint density at radius 3 is 3.00 bits per heavy atom. The molecular formula is C15H22N2O3. The van der Waals surface area contributed by atoms with E-state index in [0.717, 1.165) is 23.3 Å². The van der Waals surface area contributed by atoms with Crippen LogP contribution in [0.1, 0.15) is 17.5 Å². The quantitative estimate of drug-likeness (QED) is 0.728. The number of hydrogen-bond donors (Lipinski definition) is 3. The Morgan fingerprint density at radius 1 is 1.55 bits per heavy atom. The number of amides is 1. The number of hydrogen-bond acceptors (Lipinski definition) is 4. The monoisotopic (exact) mass is 278 g/mol. The number of carbonyl (C=O) groups is 1. The van der Waals surface area contributed by atoms with E-state index in [-0.39, 0.29) is 11.9 Å². The van der Waals surface area contributed by atoms with E-state index in [9.17, 15) is 9.90 Å². The Balaban J connectivity index is 1.79. The Labute approximate surface area is 119 Å². The number of ether oxygens (including phenoxy) is 1. The van der Waals surface area contributed by atoms with Crippen molar-refractivity contribution in [2.75, 3.05) is 20.2 Å². The van der Waals surface area contributed by atoms with Crippen LogP contribution in [0.4, 0.5) is 0 Å². The van der Waals surface area contributed by atoms with Crippen molar-refractivity contribution in [3.8, 4) is 5.75 Å². The number of rotatable bonds is 5. The van der Waals surface area contributed by atoms with E-state index in [1.165, 1.54) is 0 Å². The van der Waals surface area contributed by atoms with Gasteiger partial charge < -0.3 is 20.5 Å². The molecule has 1 aromatic carbocycles. The van der Waals surface area contributed by atoms with E-state index in [4.69, 9.17) is 4.74 Å². The van der Waals surface area contributed by atoms with E-state index >= 15 is 0 Å². The van der Waals surface area contributed by atoms with E-state index in [1.807, 2.05) is 25.1 Å². The predicted molar refractivity (Wildman–Crippen MR) is 76.9 cm³/mol. The lowest BCUT2D eigenvalue weighted by atomic mass is 10.1. The third-order valence-corrected chi connectivity index (χ3v) is 3.61. The molecule has 5 heteroatoms. The second-order valence-electron chi connectivity index (χ2n) is 5.20. The smallest absolute Gasteiger partial charge is 0.237 e. The summed E-state index contributed by atoms with van der Waals surface area (Å²) in [6, 6.07) is 5.79. The molecule has 1 aliphatic heterocycles. The minimum Gasteiger partial charge on any atom is -0.496 e. The highest BCUT2D eigenvalue weighted by molar-refractivity contribution is 5.82. The molecular weight excluding hydrogens is 256 g/mol. The van der Waals surface area contributed by atoms with Crippen LogP contribution in [0, 0.1) is 6.92 Å². The Hall–Kier alpha value is -1.59. The van der Waals surface area contributed by atoms with Crippen molar-refractivity contribution in [3.63, 3.8) is 0 Å². The Kier molecular flexibility index (Phi) is 4.98. The van der Waals surface area contributed by atoms with E-state index in [2.05, 4.69) is 10.6 Å². The van der Waals surface area contributed by atoms with Crippen molar-refractivity contribution in [1.29, 1.82) is 0 Å². The third kappa shape index (κ3) is 3.71. The van der Waals surface area contributed by atoms with Crippen LogP contribution in [-0.2, 0) is 11.2 Å². The SMILES string of the molecule is COc1cc(CCNC(=O)C2CC(O)CN2)ccc1C. The number of methoxy groups -OCH3 is 1. The fourth-order valence-electron chi connectivity index (χ4n) is 2.39. The first-order valence-corrected chi connectivity index (χ1v) is 6.93. The molecule has 1 heterocycles. The molecule has 0 aliphatic carbocycles. The average molecular weight is 278 g/mol. The van der Waals surface area contributed by atoms with Crippen LogP contribution in [0.2, 0.25) is 0 Å². The number of β-amino-alcohol motifs (C(OH)–C–C–N with tert-alkyl or cyclic N) is 1. The zero-order valence-electron chi connectivity index (χ0n) is 12.0. The largest absolute Gasteiger partial charge is 0.496 e. The highest BCUT2D eigenvalue weighted by Gasteiger charge is 2.27. The van der Waals surface area contributed by atoms with Crippen molar-refractivity contribution >= 4 is 5.91 Å². The molecule has 2 unspecified atom stereocenters. The zero-order valence-corrected chi connectivity index (χ0v) is 12.0. The molecule has 0 aromatic heterocycles. The van der Waals surface area contributed by atoms with Gasteiger partial charge in [-0.25, -0.2) is 0 Å². The zero-order chi connectivity index (χ0) is 14.5. The second-order valence-corrected chi connectivity index (χ2v) is 5.20. The third-order valence-electron chi connectivity index (χ3n) is 3.61. The van der Waals surface area contributed by atoms with Gasteiger partial charge in [0.1, 0.15) is 5.75 Å². The van der Waals surface area contributed by atoms with Gasteiger partial charge in [-0.1, -0.05) is 12.1 Å².